The van der Waals surface area contributed by atoms with Crippen LogP contribution in [-0.2, 0) is 11.3 Å². The highest BCUT2D eigenvalue weighted by molar-refractivity contribution is 5.78. The minimum atomic E-state index is -0.0395. The maximum Gasteiger partial charge on any atom is 0.241 e. The number of ether oxygens (including phenoxy) is 1. The second-order valence-corrected chi connectivity index (χ2v) is 8.41. The number of likely N-dealkylation sites (tertiary alicyclic amines) is 1. The van der Waals surface area contributed by atoms with E-state index in [1.165, 1.54) is 5.56 Å². The zero-order chi connectivity index (χ0) is 22.3. The first-order valence-electron chi connectivity index (χ1n) is 11.2. The SMILES string of the molecule is Cc1ccc(OCCNC(=O)C2CCCN(Cc3nc(-c4cccc(C)c4)no3)C2)cc1. The lowest BCUT2D eigenvalue weighted by molar-refractivity contribution is -0.126. The van der Waals surface area contributed by atoms with Crippen molar-refractivity contribution in [1.82, 2.24) is 20.4 Å². The number of piperidine rings is 1. The molecule has 2 heterocycles. The second-order valence-electron chi connectivity index (χ2n) is 8.41. The number of carbonyl (C=O) groups excluding carboxylic acids is 1. The number of benzene rings is 2. The zero-order valence-electron chi connectivity index (χ0n) is 18.7. The Balaban J connectivity index is 1.23. The summed E-state index contributed by atoms with van der Waals surface area (Å²) >= 11 is 0. The van der Waals surface area contributed by atoms with Gasteiger partial charge in [0.05, 0.1) is 19.0 Å². The molecule has 1 aliphatic heterocycles. The van der Waals surface area contributed by atoms with E-state index in [2.05, 4.69) is 20.4 Å². The van der Waals surface area contributed by atoms with Crippen molar-refractivity contribution in [1.29, 1.82) is 0 Å². The molecule has 1 atom stereocenters. The zero-order valence-corrected chi connectivity index (χ0v) is 18.7. The van der Waals surface area contributed by atoms with E-state index in [4.69, 9.17) is 9.26 Å². The average molecular weight is 435 g/mol. The quantitative estimate of drug-likeness (QED) is 0.544. The van der Waals surface area contributed by atoms with E-state index in [1.807, 2.05) is 62.4 Å². The van der Waals surface area contributed by atoms with Gasteiger partial charge in [0.25, 0.3) is 0 Å². The van der Waals surface area contributed by atoms with E-state index < -0.39 is 0 Å². The van der Waals surface area contributed by atoms with Crippen LogP contribution >= 0.6 is 0 Å². The molecule has 0 saturated carbocycles. The standard InChI is InChI=1S/C25H30N4O3/c1-18-8-10-22(11-9-18)31-14-12-26-25(30)21-7-4-13-29(16-21)17-23-27-24(28-32-23)20-6-3-5-19(2)15-20/h3,5-6,8-11,15,21H,4,7,12-14,16-17H2,1-2H3,(H,26,30). The van der Waals surface area contributed by atoms with Crippen LogP contribution in [0.4, 0.5) is 0 Å². The van der Waals surface area contributed by atoms with Crippen molar-refractivity contribution >= 4 is 5.91 Å². The van der Waals surface area contributed by atoms with Crippen LogP contribution in [0.5, 0.6) is 5.75 Å². The molecule has 1 aromatic heterocycles. The maximum atomic E-state index is 12.6. The van der Waals surface area contributed by atoms with Gasteiger partial charge < -0.3 is 14.6 Å². The van der Waals surface area contributed by atoms with Gasteiger partial charge in [0.1, 0.15) is 12.4 Å². The lowest BCUT2D eigenvalue weighted by atomic mass is 9.97. The Bertz CT molecular complexity index is 1030. The van der Waals surface area contributed by atoms with Crippen LogP contribution in [0.25, 0.3) is 11.4 Å². The van der Waals surface area contributed by atoms with Crippen molar-refractivity contribution < 1.29 is 14.1 Å². The Kier molecular flexibility index (Phi) is 7.17. The Labute approximate surface area is 188 Å². The summed E-state index contributed by atoms with van der Waals surface area (Å²) in [5.41, 5.74) is 3.30. The topological polar surface area (TPSA) is 80.5 Å². The molecule has 3 aromatic rings. The Morgan fingerprint density at radius 2 is 2.03 bits per heavy atom. The highest BCUT2D eigenvalue weighted by Crippen LogP contribution is 2.21. The Morgan fingerprint density at radius 3 is 2.84 bits per heavy atom. The maximum absolute atomic E-state index is 12.6. The second kappa shape index (κ2) is 10.4. The van der Waals surface area contributed by atoms with Gasteiger partial charge in [0.2, 0.25) is 17.6 Å². The largest absolute Gasteiger partial charge is 0.492 e. The number of nitrogens with zero attached hydrogens (tertiary/aromatic N) is 3. The fourth-order valence-electron chi connectivity index (χ4n) is 3.95. The summed E-state index contributed by atoms with van der Waals surface area (Å²) in [6.45, 7) is 7.19. The van der Waals surface area contributed by atoms with E-state index in [9.17, 15) is 4.79 Å². The lowest BCUT2D eigenvalue weighted by Crippen LogP contribution is -2.43. The molecule has 32 heavy (non-hydrogen) atoms. The van der Waals surface area contributed by atoms with Crippen LogP contribution in [0.3, 0.4) is 0 Å². The first kappa shape index (κ1) is 22.0. The first-order chi connectivity index (χ1) is 15.6. The molecule has 1 fully saturated rings. The summed E-state index contributed by atoms with van der Waals surface area (Å²) in [5, 5.41) is 7.13. The highest BCUT2D eigenvalue weighted by atomic mass is 16.5. The summed E-state index contributed by atoms with van der Waals surface area (Å²) in [6.07, 6.45) is 1.86. The summed E-state index contributed by atoms with van der Waals surface area (Å²) in [6, 6.07) is 16.0. The molecule has 0 aliphatic carbocycles. The predicted molar refractivity (Wildman–Crippen MR) is 122 cm³/mol. The van der Waals surface area contributed by atoms with Crippen LogP contribution in [0, 0.1) is 19.8 Å². The fourth-order valence-corrected chi connectivity index (χ4v) is 3.95. The van der Waals surface area contributed by atoms with Crippen molar-refractivity contribution in [2.24, 2.45) is 5.92 Å². The molecular weight excluding hydrogens is 404 g/mol. The molecule has 7 nitrogen and oxygen atoms in total. The molecule has 0 bridgehead atoms. The summed E-state index contributed by atoms with van der Waals surface area (Å²) in [5.74, 6) is 2.03. The van der Waals surface area contributed by atoms with Crippen molar-refractivity contribution in [2.75, 3.05) is 26.2 Å². The number of hydrogen-bond donors (Lipinski definition) is 1. The van der Waals surface area contributed by atoms with Gasteiger partial charge in [0, 0.05) is 12.1 Å². The summed E-state index contributed by atoms with van der Waals surface area (Å²) < 4.78 is 11.2. The van der Waals surface area contributed by atoms with Gasteiger partial charge in [-0.25, -0.2) is 0 Å². The molecule has 1 N–H and O–H groups in total. The van der Waals surface area contributed by atoms with Crippen LogP contribution in [0.1, 0.15) is 29.9 Å². The van der Waals surface area contributed by atoms with Crippen molar-refractivity contribution in [3.63, 3.8) is 0 Å². The Morgan fingerprint density at radius 1 is 1.19 bits per heavy atom. The van der Waals surface area contributed by atoms with E-state index in [0.29, 0.717) is 38.0 Å². The molecule has 1 unspecified atom stereocenters. The van der Waals surface area contributed by atoms with Crippen molar-refractivity contribution in [3.05, 3.63) is 65.5 Å². The molecule has 1 aliphatic rings. The van der Waals surface area contributed by atoms with E-state index in [-0.39, 0.29) is 11.8 Å². The van der Waals surface area contributed by atoms with E-state index in [0.717, 1.165) is 36.3 Å². The number of amides is 1. The van der Waals surface area contributed by atoms with Crippen LogP contribution in [0.2, 0.25) is 0 Å². The molecule has 1 saturated heterocycles. The molecule has 4 rings (SSSR count). The summed E-state index contributed by atoms with van der Waals surface area (Å²) in [7, 11) is 0. The van der Waals surface area contributed by atoms with Gasteiger partial charge in [-0.1, -0.05) is 46.6 Å². The molecule has 2 aromatic carbocycles. The third kappa shape index (κ3) is 5.95. The van der Waals surface area contributed by atoms with Crippen LogP contribution in [0.15, 0.2) is 53.1 Å². The Hall–Kier alpha value is -3.19. The van der Waals surface area contributed by atoms with Crippen molar-refractivity contribution in [3.8, 4) is 17.1 Å². The van der Waals surface area contributed by atoms with E-state index in [1.54, 1.807) is 0 Å². The van der Waals surface area contributed by atoms with Gasteiger partial charge in [-0.05, 0) is 51.4 Å². The molecular formula is C25H30N4O3. The van der Waals surface area contributed by atoms with Gasteiger partial charge in [0.15, 0.2) is 0 Å². The van der Waals surface area contributed by atoms with E-state index >= 15 is 0 Å². The highest BCUT2D eigenvalue weighted by Gasteiger charge is 2.26. The average Bonchev–Trinajstić information content (AvgIpc) is 3.26. The fraction of sp³-hybridized carbons (Fsp3) is 0.400. The minimum Gasteiger partial charge on any atom is -0.492 e. The number of aromatic nitrogens is 2. The van der Waals surface area contributed by atoms with Crippen LogP contribution < -0.4 is 10.1 Å². The van der Waals surface area contributed by atoms with Gasteiger partial charge in [-0.2, -0.15) is 4.98 Å². The van der Waals surface area contributed by atoms with Gasteiger partial charge in [-0.3, -0.25) is 9.69 Å². The molecule has 0 spiro atoms. The monoisotopic (exact) mass is 434 g/mol. The van der Waals surface area contributed by atoms with Gasteiger partial charge in [-0.15, -0.1) is 0 Å². The third-order valence-electron chi connectivity index (χ3n) is 5.67. The molecule has 0 radical (unpaired) electrons. The molecule has 7 heteroatoms. The number of carbonyl (C=O) groups is 1. The van der Waals surface area contributed by atoms with Crippen molar-refractivity contribution in [2.45, 2.75) is 33.2 Å². The third-order valence-corrected chi connectivity index (χ3v) is 5.67. The minimum absolute atomic E-state index is 0.0395. The normalized spacial score (nSPS) is 16.6. The van der Waals surface area contributed by atoms with Gasteiger partial charge >= 0.3 is 0 Å². The number of rotatable bonds is 8. The molecule has 1 amide bonds. The number of hydrogen-bond acceptors (Lipinski definition) is 6. The number of nitrogens with one attached hydrogen (secondary N) is 1. The van der Waals surface area contributed by atoms with Crippen LogP contribution in [-0.4, -0.2) is 47.2 Å². The smallest absolute Gasteiger partial charge is 0.241 e. The molecule has 168 valence electrons. The summed E-state index contributed by atoms with van der Waals surface area (Å²) in [4.78, 5) is 19.4. The number of aryl methyl sites for hydroxylation is 2. The lowest BCUT2D eigenvalue weighted by Gasteiger charge is -2.30. The predicted octanol–water partition coefficient (Wildman–Crippen LogP) is 3.76. The first-order valence-corrected chi connectivity index (χ1v) is 11.2.